The Hall–Kier alpha value is -2.31. The lowest BCUT2D eigenvalue weighted by atomic mass is 10.1. The van der Waals surface area contributed by atoms with Crippen LogP contribution in [-0.4, -0.2) is 11.7 Å². The van der Waals surface area contributed by atoms with E-state index in [2.05, 4.69) is 11.8 Å². The molecule has 0 saturated heterocycles. The van der Waals surface area contributed by atoms with Gasteiger partial charge in [0.2, 0.25) is 0 Å². The summed E-state index contributed by atoms with van der Waals surface area (Å²) in [6, 6.07) is 11.8. The molecule has 0 aromatic heterocycles. The number of rotatable bonds is 3. The quantitative estimate of drug-likeness (QED) is 0.869. The number of benzene rings is 2. The van der Waals surface area contributed by atoms with Crippen LogP contribution in [0.15, 0.2) is 42.5 Å². The Kier molecular flexibility index (Phi) is 4.75. The lowest BCUT2D eigenvalue weighted by Gasteiger charge is -2.09. The first-order chi connectivity index (χ1) is 9.69. The smallest absolute Gasteiger partial charge is 0.123 e. The summed E-state index contributed by atoms with van der Waals surface area (Å²) >= 11 is 0. The van der Waals surface area contributed by atoms with Gasteiger partial charge in [0.1, 0.15) is 24.8 Å². The van der Waals surface area contributed by atoms with Gasteiger partial charge in [-0.2, -0.15) is 0 Å². The molecule has 0 heterocycles. The Bertz CT molecular complexity index is 636. The van der Waals surface area contributed by atoms with Crippen molar-refractivity contribution in [3.05, 3.63) is 65.0 Å². The van der Waals surface area contributed by atoms with Gasteiger partial charge in [0.05, 0.1) is 0 Å². The lowest BCUT2D eigenvalue weighted by molar-refractivity contribution is 0.304. The Morgan fingerprint density at radius 3 is 2.55 bits per heavy atom. The first-order valence-electron chi connectivity index (χ1n) is 6.26. The molecule has 2 nitrogen and oxygen atoms in total. The normalized spacial score (nSPS) is 9.75. The first kappa shape index (κ1) is 14.1. The fraction of sp³-hybridized carbons (Fsp3) is 0.176. The minimum absolute atomic E-state index is 0.151. The molecule has 20 heavy (non-hydrogen) atoms. The molecule has 0 fully saturated rings. The fourth-order valence-corrected chi connectivity index (χ4v) is 1.77. The topological polar surface area (TPSA) is 29.5 Å². The number of aliphatic hydroxyl groups excluding tert-OH is 1. The molecule has 0 saturated carbocycles. The van der Waals surface area contributed by atoms with E-state index in [1.54, 1.807) is 12.1 Å². The van der Waals surface area contributed by atoms with Crippen LogP contribution >= 0.6 is 0 Å². The molecule has 2 rings (SSSR count). The van der Waals surface area contributed by atoms with Crippen LogP contribution in [0.3, 0.4) is 0 Å². The molecule has 2 aromatic rings. The summed E-state index contributed by atoms with van der Waals surface area (Å²) in [5, 5.41) is 8.66. The summed E-state index contributed by atoms with van der Waals surface area (Å²) in [7, 11) is 0. The maximum absolute atomic E-state index is 12.8. The van der Waals surface area contributed by atoms with Gasteiger partial charge >= 0.3 is 0 Å². The second-order valence-corrected chi connectivity index (χ2v) is 4.36. The minimum Gasteiger partial charge on any atom is -0.489 e. The highest BCUT2D eigenvalue weighted by Gasteiger charge is 2.01. The average Bonchev–Trinajstić information content (AvgIpc) is 2.46. The fourth-order valence-electron chi connectivity index (χ4n) is 1.77. The molecule has 0 atom stereocenters. The molecule has 0 unspecified atom stereocenters. The SMILES string of the molecule is Cc1cc(C#CCO)ccc1OCc1ccc(F)cc1. The van der Waals surface area contributed by atoms with Crippen LogP contribution in [0.2, 0.25) is 0 Å². The van der Waals surface area contributed by atoms with E-state index < -0.39 is 0 Å². The Morgan fingerprint density at radius 2 is 1.90 bits per heavy atom. The van der Waals surface area contributed by atoms with Gasteiger partial charge in [-0.1, -0.05) is 24.0 Å². The van der Waals surface area contributed by atoms with E-state index in [-0.39, 0.29) is 12.4 Å². The van der Waals surface area contributed by atoms with Crippen molar-refractivity contribution < 1.29 is 14.2 Å². The van der Waals surface area contributed by atoms with Gasteiger partial charge in [-0.3, -0.25) is 0 Å². The molecule has 0 aliphatic carbocycles. The summed E-state index contributed by atoms with van der Waals surface area (Å²) in [6.45, 7) is 2.18. The molecular weight excluding hydrogens is 255 g/mol. The maximum atomic E-state index is 12.8. The van der Waals surface area contributed by atoms with E-state index in [0.29, 0.717) is 6.61 Å². The van der Waals surface area contributed by atoms with Crippen LogP contribution in [0, 0.1) is 24.6 Å². The van der Waals surface area contributed by atoms with Gasteiger partial charge < -0.3 is 9.84 Å². The standard InChI is InChI=1S/C17H15FO2/c1-13-11-14(3-2-10-19)6-9-17(13)20-12-15-4-7-16(18)8-5-15/h4-9,11,19H,10,12H2,1H3. The zero-order chi connectivity index (χ0) is 14.4. The third-order valence-electron chi connectivity index (χ3n) is 2.79. The van der Waals surface area contributed by atoms with Crippen molar-refractivity contribution in [2.75, 3.05) is 6.61 Å². The van der Waals surface area contributed by atoms with Crippen molar-refractivity contribution in [2.45, 2.75) is 13.5 Å². The number of ether oxygens (including phenoxy) is 1. The molecule has 1 N–H and O–H groups in total. The minimum atomic E-state index is -0.253. The summed E-state index contributed by atoms with van der Waals surface area (Å²) in [4.78, 5) is 0. The molecule has 0 bridgehead atoms. The van der Waals surface area contributed by atoms with E-state index in [1.807, 2.05) is 25.1 Å². The summed E-state index contributed by atoms with van der Waals surface area (Å²) in [5.74, 6) is 5.96. The maximum Gasteiger partial charge on any atom is 0.123 e. The van der Waals surface area contributed by atoms with Gasteiger partial charge in [-0.15, -0.1) is 0 Å². The average molecular weight is 270 g/mol. The largest absolute Gasteiger partial charge is 0.489 e. The molecule has 0 aliphatic heterocycles. The number of aryl methyl sites for hydroxylation is 1. The predicted octanol–water partition coefficient (Wildman–Crippen LogP) is 3.06. The summed E-state index contributed by atoms with van der Waals surface area (Å²) in [6.07, 6.45) is 0. The van der Waals surface area contributed by atoms with Gasteiger partial charge in [0.15, 0.2) is 0 Å². The van der Waals surface area contributed by atoms with E-state index >= 15 is 0 Å². The molecular formula is C17H15FO2. The molecule has 2 aromatic carbocycles. The Morgan fingerprint density at radius 1 is 1.15 bits per heavy atom. The van der Waals surface area contributed by atoms with E-state index in [0.717, 1.165) is 22.4 Å². The number of aliphatic hydroxyl groups is 1. The Balaban J connectivity index is 2.04. The number of hydrogen-bond donors (Lipinski definition) is 1. The van der Waals surface area contributed by atoms with E-state index in [1.165, 1.54) is 12.1 Å². The molecule has 0 amide bonds. The van der Waals surface area contributed by atoms with Crippen molar-refractivity contribution >= 4 is 0 Å². The molecule has 3 heteroatoms. The van der Waals surface area contributed by atoms with Crippen molar-refractivity contribution in [1.82, 2.24) is 0 Å². The van der Waals surface area contributed by atoms with Gasteiger partial charge in [0.25, 0.3) is 0 Å². The molecule has 102 valence electrons. The first-order valence-corrected chi connectivity index (χ1v) is 6.26. The molecule has 0 radical (unpaired) electrons. The molecule has 0 aliphatic rings. The predicted molar refractivity (Wildman–Crippen MR) is 75.9 cm³/mol. The number of hydrogen-bond acceptors (Lipinski definition) is 2. The third kappa shape index (κ3) is 3.84. The highest BCUT2D eigenvalue weighted by atomic mass is 19.1. The van der Waals surface area contributed by atoms with E-state index in [4.69, 9.17) is 9.84 Å². The monoisotopic (exact) mass is 270 g/mol. The van der Waals surface area contributed by atoms with Crippen LogP contribution in [0.1, 0.15) is 16.7 Å². The van der Waals surface area contributed by atoms with Gasteiger partial charge in [0, 0.05) is 5.56 Å². The van der Waals surface area contributed by atoms with Crippen molar-refractivity contribution in [1.29, 1.82) is 0 Å². The van der Waals surface area contributed by atoms with Crippen molar-refractivity contribution in [3.63, 3.8) is 0 Å². The second-order valence-electron chi connectivity index (χ2n) is 4.36. The van der Waals surface area contributed by atoms with Crippen LogP contribution in [0.25, 0.3) is 0 Å². The molecule has 0 spiro atoms. The summed E-state index contributed by atoms with van der Waals surface area (Å²) in [5.41, 5.74) is 2.72. The summed E-state index contributed by atoms with van der Waals surface area (Å²) < 4.78 is 18.5. The third-order valence-corrected chi connectivity index (χ3v) is 2.79. The highest BCUT2D eigenvalue weighted by Crippen LogP contribution is 2.20. The van der Waals surface area contributed by atoms with Crippen LogP contribution < -0.4 is 4.74 Å². The second kappa shape index (κ2) is 6.74. The van der Waals surface area contributed by atoms with Crippen molar-refractivity contribution in [2.24, 2.45) is 0 Å². The number of halogens is 1. The van der Waals surface area contributed by atoms with Crippen LogP contribution in [-0.2, 0) is 6.61 Å². The highest BCUT2D eigenvalue weighted by molar-refractivity contribution is 5.43. The van der Waals surface area contributed by atoms with E-state index in [9.17, 15) is 4.39 Å². The zero-order valence-electron chi connectivity index (χ0n) is 11.2. The van der Waals surface area contributed by atoms with Gasteiger partial charge in [-0.05, 0) is 48.4 Å². The van der Waals surface area contributed by atoms with Gasteiger partial charge in [-0.25, -0.2) is 4.39 Å². The van der Waals surface area contributed by atoms with Crippen molar-refractivity contribution in [3.8, 4) is 17.6 Å². The Labute approximate surface area is 117 Å². The zero-order valence-corrected chi connectivity index (χ0v) is 11.2. The lowest BCUT2D eigenvalue weighted by Crippen LogP contribution is -1.97. The van der Waals surface area contributed by atoms with Crippen LogP contribution in [0.5, 0.6) is 5.75 Å². The van der Waals surface area contributed by atoms with Crippen LogP contribution in [0.4, 0.5) is 4.39 Å².